The Kier molecular flexibility index (Phi) is 5.05. The fourth-order valence-electron chi connectivity index (χ4n) is 2.11. The van der Waals surface area contributed by atoms with Gasteiger partial charge < -0.3 is 9.74 Å². The van der Waals surface area contributed by atoms with Gasteiger partial charge in [-0.2, -0.15) is 0 Å². The minimum absolute atomic E-state index is 0.135. The number of rotatable bonds is 4. The summed E-state index contributed by atoms with van der Waals surface area (Å²) in [5, 5.41) is 0. The number of carbonyl (C=O) groups excluding carboxylic acids is 1. The molecule has 4 nitrogen and oxygen atoms in total. The number of carbonyl (C=O) groups is 1. The molecule has 0 radical (unpaired) electrons. The van der Waals surface area contributed by atoms with E-state index in [4.69, 9.17) is 10.7 Å². The molecule has 0 unspecified atom stereocenters. The lowest BCUT2D eigenvalue weighted by molar-refractivity contribution is -0.138. The second-order valence-electron chi connectivity index (χ2n) is 4.17. The second kappa shape index (κ2) is 6.08. The largest absolute Gasteiger partial charge is 0.342 e. The number of piperidine rings is 1. The fraction of sp³-hybridized carbons (Fsp3) is 0.909. The Bertz CT molecular complexity index is 197. The van der Waals surface area contributed by atoms with Crippen molar-refractivity contribution in [1.82, 2.24) is 4.90 Å². The van der Waals surface area contributed by atoms with Gasteiger partial charge >= 0.3 is 0 Å². The van der Waals surface area contributed by atoms with Crippen LogP contribution in [0.2, 0.25) is 0 Å². The molecular formula is C11H22N2O2. The van der Waals surface area contributed by atoms with E-state index < -0.39 is 0 Å². The van der Waals surface area contributed by atoms with E-state index in [1.807, 2.05) is 4.90 Å². The lowest BCUT2D eigenvalue weighted by atomic mass is 9.99. The first-order valence-corrected chi connectivity index (χ1v) is 5.87. The smallest absolute Gasteiger partial charge is 0.225 e. The molecule has 1 aliphatic rings. The van der Waals surface area contributed by atoms with Gasteiger partial charge in [-0.3, -0.25) is 4.79 Å². The molecule has 0 aromatic heterocycles. The van der Waals surface area contributed by atoms with E-state index in [-0.39, 0.29) is 12.0 Å². The SMILES string of the molecule is CCC(CC)C(=O)N1CCC(ON)CC1. The predicted molar refractivity (Wildman–Crippen MR) is 58.9 cm³/mol. The summed E-state index contributed by atoms with van der Waals surface area (Å²) in [6.07, 6.45) is 3.73. The van der Waals surface area contributed by atoms with E-state index >= 15 is 0 Å². The van der Waals surface area contributed by atoms with Gasteiger partial charge in [0.05, 0.1) is 6.10 Å². The molecule has 0 bridgehead atoms. The average Bonchev–Trinajstić information content (AvgIpc) is 2.30. The van der Waals surface area contributed by atoms with Crippen LogP contribution in [0.15, 0.2) is 0 Å². The number of amides is 1. The maximum absolute atomic E-state index is 12.0. The summed E-state index contributed by atoms with van der Waals surface area (Å²) in [6.45, 7) is 5.72. The molecule has 15 heavy (non-hydrogen) atoms. The Morgan fingerprint density at radius 3 is 2.33 bits per heavy atom. The minimum atomic E-state index is 0.135. The van der Waals surface area contributed by atoms with E-state index in [2.05, 4.69) is 13.8 Å². The molecule has 1 aliphatic heterocycles. The predicted octanol–water partition coefficient (Wildman–Crippen LogP) is 1.30. The van der Waals surface area contributed by atoms with Crippen molar-refractivity contribution in [3.8, 4) is 0 Å². The number of likely N-dealkylation sites (tertiary alicyclic amines) is 1. The zero-order valence-corrected chi connectivity index (χ0v) is 9.74. The molecule has 1 heterocycles. The van der Waals surface area contributed by atoms with Crippen molar-refractivity contribution in [2.24, 2.45) is 11.8 Å². The highest BCUT2D eigenvalue weighted by Crippen LogP contribution is 2.17. The van der Waals surface area contributed by atoms with Crippen LogP contribution in [0, 0.1) is 5.92 Å². The number of nitrogens with two attached hydrogens (primary N) is 1. The van der Waals surface area contributed by atoms with E-state index in [9.17, 15) is 4.79 Å². The Balaban J connectivity index is 2.42. The molecule has 0 aliphatic carbocycles. The topological polar surface area (TPSA) is 55.6 Å². The molecule has 0 aromatic rings. The van der Waals surface area contributed by atoms with Crippen molar-refractivity contribution >= 4 is 5.91 Å². The lowest BCUT2D eigenvalue weighted by Gasteiger charge is -2.33. The van der Waals surface area contributed by atoms with Crippen molar-refractivity contribution in [3.63, 3.8) is 0 Å². The zero-order valence-electron chi connectivity index (χ0n) is 9.74. The van der Waals surface area contributed by atoms with E-state index in [0.717, 1.165) is 38.8 Å². The molecular weight excluding hydrogens is 192 g/mol. The maximum Gasteiger partial charge on any atom is 0.225 e. The van der Waals surface area contributed by atoms with Crippen LogP contribution in [0.1, 0.15) is 39.5 Å². The third-order valence-electron chi connectivity index (χ3n) is 3.28. The molecule has 0 saturated carbocycles. The highest BCUT2D eigenvalue weighted by atomic mass is 16.6. The van der Waals surface area contributed by atoms with E-state index in [0.29, 0.717) is 5.91 Å². The van der Waals surface area contributed by atoms with Crippen LogP contribution in [0.25, 0.3) is 0 Å². The minimum Gasteiger partial charge on any atom is -0.342 e. The van der Waals surface area contributed by atoms with Gasteiger partial charge in [0.15, 0.2) is 0 Å². The van der Waals surface area contributed by atoms with Crippen molar-refractivity contribution in [2.75, 3.05) is 13.1 Å². The maximum atomic E-state index is 12.0. The number of hydrogen-bond acceptors (Lipinski definition) is 3. The molecule has 88 valence electrons. The van der Waals surface area contributed by atoms with Crippen LogP contribution in [-0.2, 0) is 9.63 Å². The molecule has 0 aromatic carbocycles. The first kappa shape index (κ1) is 12.5. The van der Waals surface area contributed by atoms with Crippen LogP contribution in [-0.4, -0.2) is 30.0 Å². The van der Waals surface area contributed by atoms with Crippen molar-refractivity contribution in [1.29, 1.82) is 0 Å². The van der Waals surface area contributed by atoms with Crippen LogP contribution < -0.4 is 5.90 Å². The average molecular weight is 214 g/mol. The van der Waals surface area contributed by atoms with Gasteiger partial charge in [-0.25, -0.2) is 5.90 Å². The standard InChI is InChI=1S/C11H22N2O2/c1-3-9(4-2)11(14)13-7-5-10(15-12)6-8-13/h9-10H,3-8,12H2,1-2H3. The summed E-state index contributed by atoms with van der Waals surface area (Å²) in [6, 6.07) is 0. The monoisotopic (exact) mass is 214 g/mol. The Labute approximate surface area is 91.7 Å². The molecule has 1 amide bonds. The Morgan fingerprint density at radius 2 is 1.93 bits per heavy atom. The van der Waals surface area contributed by atoms with Crippen molar-refractivity contribution in [2.45, 2.75) is 45.6 Å². The van der Waals surface area contributed by atoms with Gasteiger partial charge in [-0.05, 0) is 25.7 Å². The van der Waals surface area contributed by atoms with Crippen molar-refractivity contribution in [3.05, 3.63) is 0 Å². The van der Waals surface area contributed by atoms with Gasteiger partial charge in [0.25, 0.3) is 0 Å². The molecule has 1 rings (SSSR count). The summed E-state index contributed by atoms with van der Waals surface area (Å²) >= 11 is 0. The lowest BCUT2D eigenvalue weighted by Crippen LogP contribution is -2.44. The highest BCUT2D eigenvalue weighted by molar-refractivity contribution is 5.78. The van der Waals surface area contributed by atoms with Crippen LogP contribution in [0.3, 0.4) is 0 Å². The Hall–Kier alpha value is -0.610. The van der Waals surface area contributed by atoms with Gasteiger partial charge in [0.1, 0.15) is 0 Å². The molecule has 0 spiro atoms. The van der Waals surface area contributed by atoms with Crippen molar-refractivity contribution < 1.29 is 9.63 Å². The van der Waals surface area contributed by atoms with E-state index in [1.54, 1.807) is 0 Å². The van der Waals surface area contributed by atoms with Gasteiger partial charge in [-0.1, -0.05) is 13.8 Å². The summed E-state index contributed by atoms with van der Waals surface area (Å²) in [5.41, 5.74) is 0. The first-order valence-electron chi connectivity index (χ1n) is 5.87. The third kappa shape index (κ3) is 3.18. The molecule has 0 atom stereocenters. The summed E-state index contributed by atoms with van der Waals surface area (Å²) < 4.78 is 0. The molecule has 4 heteroatoms. The second-order valence-corrected chi connectivity index (χ2v) is 4.17. The summed E-state index contributed by atoms with van der Waals surface area (Å²) in [7, 11) is 0. The quantitative estimate of drug-likeness (QED) is 0.718. The number of hydrogen-bond donors (Lipinski definition) is 1. The Morgan fingerprint density at radius 1 is 1.40 bits per heavy atom. The number of nitrogens with zero attached hydrogens (tertiary/aromatic N) is 1. The molecule has 2 N–H and O–H groups in total. The zero-order chi connectivity index (χ0) is 11.3. The van der Waals surface area contributed by atoms with E-state index in [1.165, 1.54) is 0 Å². The molecule has 1 fully saturated rings. The molecule has 1 saturated heterocycles. The first-order chi connectivity index (χ1) is 7.22. The van der Waals surface area contributed by atoms with Crippen LogP contribution in [0.5, 0.6) is 0 Å². The fourth-order valence-corrected chi connectivity index (χ4v) is 2.11. The van der Waals surface area contributed by atoms with Gasteiger partial charge in [-0.15, -0.1) is 0 Å². The normalized spacial score (nSPS) is 18.5. The summed E-state index contributed by atoms with van der Waals surface area (Å²) in [4.78, 5) is 18.8. The summed E-state index contributed by atoms with van der Waals surface area (Å²) in [5.74, 6) is 5.63. The van der Waals surface area contributed by atoms with Gasteiger partial charge in [0.2, 0.25) is 5.91 Å². The van der Waals surface area contributed by atoms with Crippen LogP contribution >= 0.6 is 0 Å². The van der Waals surface area contributed by atoms with Crippen LogP contribution in [0.4, 0.5) is 0 Å². The highest BCUT2D eigenvalue weighted by Gasteiger charge is 2.26. The third-order valence-corrected chi connectivity index (χ3v) is 3.28. The van der Waals surface area contributed by atoms with Gasteiger partial charge in [0, 0.05) is 19.0 Å².